The minimum absolute atomic E-state index is 0.0507. The van der Waals surface area contributed by atoms with Crippen molar-refractivity contribution < 1.29 is 52.6 Å². The standard InChI is InChI=1S/C46H82NO10P/c1-6-8-10-11-12-13-14-15-16-17-18-19-20-23-26-30-38-54-40-43(41-56-58(52,53)55-39-37-47(3,4)5)57-46(51)36-31-35-45(50)44(49)34-29-25-22-21-24-28-33-42(48)32-27-9-7-2/h9,21-22,24-25,27-30,33-34,38,42-45,48-50H,6-8,10-20,23,26,31-32,35-37,39-41H2,1-5H3/b24-21+,25-22-,27-9-,33-28+,34-29-,38-30+/t42-,43+,44+,45+/m0/s1. The van der Waals surface area contributed by atoms with Crippen LogP contribution in [0.1, 0.15) is 142 Å². The van der Waals surface area contributed by atoms with Crippen LogP contribution in [-0.4, -0.2) is 97.7 Å². The number of hydrogen-bond donors (Lipinski definition) is 3. The normalized spacial score (nSPS) is 16.0. The van der Waals surface area contributed by atoms with Crippen LogP contribution < -0.4 is 4.89 Å². The second kappa shape index (κ2) is 37.6. The van der Waals surface area contributed by atoms with Crippen LogP contribution in [0.4, 0.5) is 0 Å². The van der Waals surface area contributed by atoms with Crippen LogP contribution in [0.3, 0.4) is 0 Å². The van der Waals surface area contributed by atoms with Crippen LogP contribution in [0.2, 0.25) is 0 Å². The van der Waals surface area contributed by atoms with Gasteiger partial charge in [0.2, 0.25) is 0 Å². The van der Waals surface area contributed by atoms with E-state index >= 15 is 0 Å². The summed E-state index contributed by atoms with van der Waals surface area (Å²) in [5, 5.41) is 30.5. The number of rotatable bonds is 39. The fraction of sp³-hybridized carbons (Fsp3) is 0.717. The summed E-state index contributed by atoms with van der Waals surface area (Å²) in [7, 11) is 1.10. The van der Waals surface area contributed by atoms with Crippen LogP contribution in [0.25, 0.3) is 0 Å². The molecule has 0 bridgehead atoms. The second-order valence-electron chi connectivity index (χ2n) is 16.0. The number of phosphoric ester groups is 1. The quantitative estimate of drug-likeness (QED) is 0.0104. The number of aliphatic hydroxyl groups excluding tert-OH is 3. The van der Waals surface area contributed by atoms with Gasteiger partial charge in [0.25, 0.3) is 7.82 Å². The fourth-order valence-corrected chi connectivity index (χ4v) is 6.35. The molecule has 0 heterocycles. The first-order valence-corrected chi connectivity index (χ1v) is 23.5. The molecule has 0 aromatic rings. The van der Waals surface area contributed by atoms with Gasteiger partial charge in [0, 0.05) is 6.42 Å². The van der Waals surface area contributed by atoms with E-state index in [1.54, 1.807) is 48.8 Å². The Balaban J connectivity index is 4.65. The predicted octanol–water partition coefficient (Wildman–Crippen LogP) is 9.34. The Bertz CT molecular complexity index is 1210. The third-order valence-electron chi connectivity index (χ3n) is 9.18. The lowest BCUT2D eigenvalue weighted by molar-refractivity contribution is -0.870. The average molecular weight is 840 g/mol. The smallest absolute Gasteiger partial charge is 0.306 e. The lowest BCUT2D eigenvalue weighted by Gasteiger charge is -2.28. The molecule has 0 saturated heterocycles. The Hall–Kier alpha value is -2.34. The maximum Gasteiger partial charge on any atom is 0.306 e. The summed E-state index contributed by atoms with van der Waals surface area (Å²) in [6, 6.07) is 0. The van der Waals surface area contributed by atoms with Crippen molar-refractivity contribution in [3.8, 4) is 0 Å². The first-order chi connectivity index (χ1) is 27.8. The molecular weight excluding hydrogens is 757 g/mol. The fourth-order valence-electron chi connectivity index (χ4n) is 5.62. The first-order valence-electron chi connectivity index (χ1n) is 22.0. The van der Waals surface area contributed by atoms with Gasteiger partial charge in [0.15, 0.2) is 6.10 Å². The van der Waals surface area contributed by atoms with Crippen LogP contribution in [0.15, 0.2) is 73.1 Å². The number of nitrogens with zero attached hydrogens (tertiary/aromatic N) is 1. The average Bonchev–Trinajstić information content (AvgIpc) is 3.16. The summed E-state index contributed by atoms with van der Waals surface area (Å²) in [4.78, 5) is 25.1. The molecule has 58 heavy (non-hydrogen) atoms. The summed E-state index contributed by atoms with van der Waals surface area (Å²) in [5.41, 5.74) is 0. The third-order valence-corrected chi connectivity index (χ3v) is 10.1. The summed E-state index contributed by atoms with van der Waals surface area (Å²) in [5.74, 6) is -0.610. The van der Waals surface area contributed by atoms with Gasteiger partial charge in [-0.15, -0.1) is 0 Å². The number of hydrogen-bond acceptors (Lipinski definition) is 10. The topological polar surface area (TPSA) is 155 Å². The van der Waals surface area contributed by atoms with Gasteiger partial charge >= 0.3 is 5.97 Å². The highest BCUT2D eigenvalue weighted by Gasteiger charge is 2.21. The number of carbonyl (C=O) groups excluding carboxylic acids is 1. The van der Waals surface area contributed by atoms with E-state index in [1.807, 2.05) is 46.3 Å². The molecule has 12 heteroatoms. The molecule has 0 aliphatic heterocycles. The van der Waals surface area contributed by atoms with Crippen molar-refractivity contribution in [1.29, 1.82) is 0 Å². The molecule has 5 atom stereocenters. The van der Waals surface area contributed by atoms with Crippen molar-refractivity contribution in [2.24, 2.45) is 0 Å². The van der Waals surface area contributed by atoms with Crippen molar-refractivity contribution in [2.75, 3.05) is 47.5 Å². The van der Waals surface area contributed by atoms with Gasteiger partial charge in [-0.05, 0) is 44.6 Å². The third kappa shape index (κ3) is 39.1. The predicted molar refractivity (Wildman–Crippen MR) is 235 cm³/mol. The molecule has 0 rings (SSSR count). The highest BCUT2D eigenvalue weighted by atomic mass is 31.2. The molecule has 0 aromatic heterocycles. The largest absolute Gasteiger partial charge is 0.756 e. The van der Waals surface area contributed by atoms with E-state index in [2.05, 4.69) is 6.92 Å². The van der Waals surface area contributed by atoms with Gasteiger partial charge in [-0.3, -0.25) is 9.36 Å². The zero-order chi connectivity index (χ0) is 43.2. The molecule has 1 unspecified atom stereocenters. The van der Waals surface area contributed by atoms with E-state index in [0.717, 1.165) is 25.7 Å². The highest BCUT2D eigenvalue weighted by molar-refractivity contribution is 7.45. The van der Waals surface area contributed by atoms with Crippen LogP contribution in [0, 0.1) is 0 Å². The molecule has 0 amide bonds. The van der Waals surface area contributed by atoms with Crippen LogP contribution in [-0.2, 0) is 27.9 Å². The molecule has 11 nitrogen and oxygen atoms in total. The Morgan fingerprint density at radius 1 is 0.707 bits per heavy atom. The number of likely N-dealkylation sites (N-methyl/N-ethyl adjacent to an activating group) is 1. The van der Waals surface area contributed by atoms with Crippen molar-refractivity contribution in [2.45, 2.75) is 167 Å². The minimum Gasteiger partial charge on any atom is -0.756 e. The molecule has 3 N–H and O–H groups in total. The van der Waals surface area contributed by atoms with E-state index in [-0.39, 0.29) is 32.5 Å². The first kappa shape index (κ1) is 55.7. The maximum absolute atomic E-state index is 12.7. The summed E-state index contributed by atoms with van der Waals surface area (Å²) in [6.07, 6.45) is 38.1. The lowest BCUT2D eigenvalue weighted by atomic mass is 10.0. The SMILES string of the molecule is CC/C=C\C[C@H](O)/C=C/C=C/C=C\C=C/[C@@H](O)[C@H](O)CCCC(=O)O[C@H](CO/C=C/CCCCCCCCCCCCCCCC)COP(=O)([O-])OCC[N+](C)(C)C. The van der Waals surface area contributed by atoms with Crippen molar-refractivity contribution in [3.63, 3.8) is 0 Å². The van der Waals surface area contributed by atoms with Crippen molar-refractivity contribution >= 4 is 13.8 Å². The molecular formula is C46H82NO10P. The minimum atomic E-state index is -4.64. The summed E-state index contributed by atoms with van der Waals surface area (Å²) < 4.78 is 34.0. The van der Waals surface area contributed by atoms with E-state index in [1.165, 1.54) is 83.1 Å². The number of ether oxygens (including phenoxy) is 2. The van der Waals surface area contributed by atoms with Gasteiger partial charge in [-0.25, -0.2) is 0 Å². The summed E-state index contributed by atoms with van der Waals surface area (Å²) in [6.45, 7) is 4.13. The van der Waals surface area contributed by atoms with E-state index in [4.69, 9.17) is 18.5 Å². The zero-order valence-corrected chi connectivity index (χ0v) is 37.7. The van der Waals surface area contributed by atoms with Crippen molar-refractivity contribution in [3.05, 3.63) is 73.1 Å². The number of carbonyl (C=O) groups is 1. The lowest BCUT2D eigenvalue weighted by Crippen LogP contribution is -2.37. The molecule has 0 fully saturated rings. The van der Waals surface area contributed by atoms with Gasteiger partial charge in [-0.1, -0.05) is 158 Å². The van der Waals surface area contributed by atoms with Crippen LogP contribution in [0.5, 0.6) is 0 Å². The Morgan fingerprint density at radius 2 is 1.28 bits per heavy atom. The number of allylic oxidation sites excluding steroid dienone is 8. The molecule has 0 radical (unpaired) electrons. The van der Waals surface area contributed by atoms with Crippen LogP contribution >= 0.6 is 7.82 Å². The highest BCUT2D eigenvalue weighted by Crippen LogP contribution is 2.38. The monoisotopic (exact) mass is 840 g/mol. The second-order valence-corrected chi connectivity index (χ2v) is 17.4. The van der Waals surface area contributed by atoms with E-state index < -0.39 is 44.8 Å². The molecule has 0 spiro atoms. The molecule has 0 saturated carbocycles. The number of aliphatic hydroxyl groups is 3. The molecule has 0 aliphatic carbocycles. The van der Waals surface area contributed by atoms with Crippen molar-refractivity contribution in [1.82, 2.24) is 0 Å². The number of unbranched alkanes of at least 4 members (excludes halogenated alkanes) is 14. The Kier molecular flexibility index (Phi) is 36.1. The zero-order valence-electron chi connectivity index (χ0n) is 36.8. The molecule has 336 valence electrons. The van der Waals surface area contributed by atoms with Gasteiger partial charge in [0.1, 0.15) is 19.8 Å². The number of esters is 1. The van der Waals surface area contributed by atoms with Gasteiger partial charge < -0.3 is 43.2 Å². The van der Waals surface area contributed by atoms with Gasteiger partial charge in [-0.2, -0.15) is 0 Å². The Labute approximate surface area is 352 Å². The van der Waals surface area contributed by atoms with E-state index in [9.17, 15) is 29.6 Å². The maximum atomic E-state index is 12.7. The summed E-state index contributed by atoms with van der Waals surface area (Å²) >= 11 is 0. The van der Waals surface area contributed by atoms with Gasteiger partial charge in [0.05, 0.1) is 52.3 Å². The Morgan fingerprint density at radius 3 is 1.86 bits per heavy atom. The number of quaternary nitrogens is 1. The van der Waals surface area contributed by atoms with E-state index in [0.29, 0.717) is 17.4 Å². The molecule has 0 aromatic carbocycles. The molecule has 0 aliphatic rings. The number of phosphoric acid groups is 1.